The van der Waals surface area contributed by atoms with Gasteiger partial charge in [-0.1, -0.05) is 0 Å². The molecule has 3 nitrogen and oxygen atoms in total. The van der Waals surface area contributed by atoms with Crippen LogP contribution in [0.5, 0.6) is 0 Å². The Kier molecular flexibility index (Phi) is 3.31. The molecule has 1 N–H and O–H groups in total. The summed E-state index contributed by atoms with van der Waals surface area (Å²) in [4.78, 5) is 12.8. The third-order valence-corrected chi connectivity index (χ3v) is 3.28. The molecule has 0 saturated heterocycles. The van der Waals surface area contributed by atoms with Gasteiger partial charge in [0.1, 0.15) is 5.82 Å². The Morgan fingerprint density at radius 1 is 1.59 bits per heavy atom. The van der Waals surface area contributed by atoms with E-state index in [1.165, 1.54) is 6.07 Å². The zero-order chi connectivity index (χ0) is 12.4. The zero-order valence-corrected chi connectivity index (χ0v) is 9.82. The summed E-state index contributed by atoms with van der Waals surface area (Å²) in [5.74, 6) is -0.998. The van der Waals surface area contributed by atoms with Crippen molar-refractivity contribution in [1.29, 1.82) is 0 Å². The van der Waals surface area contributed by atoms with Gasteiger partial charge in [0.15, 0.2) is 0 Å². The molecule has 0 radical (unpaired) electrons. The zero-order valence-electron chi connectivity index (χ0n) is 9.82. The molecule has 2 rings (SSSR count). The molecule has 0 saturated carbocycles. The van der Waals surface area contributed by atoms with Crippen LogP contribution in [0.15, 0.2) is 18.2 Å². The molecule has 0 spiro atoms. The topological polar surface area (TPSA) is 40.5 Å². The second-order valence-electron chi connectivity index (χ2n) is 4.35. The minimum Gasteiger partial charge on any atom is -0.481 e. The van der Waals surface area contributed by atoms with Crippen LogP contribution in [0.3, 0.4) is 0 Å². The number of halogens is 1. The number of nitrogens with zero attached hydrogens (tertiary/aromatic N) is 1. The summed E-state index contributed by atoms with van der Waals surface area (Å²) in [6.07, 6.45) is 1.52. The minimum atomic E-state index is -0.775. The average Bonchev–Trinajstić information content (AvgIpc) is 2.62. The van der Waals surface area contributed by atoms with E-state index >= 15 is 0 Å². The molecule has 1 aliphatic rings. The van der Waals surface area contributed by atoms with Crippen molar-refractivity contribution < 1.29 is 14.3 Å². The van der Waals surface area contributed by atoms with Gasteiger partial charge >= 0.3 is 5.97 Å². The second kappa shape index (κ2) is 4.73. The van der Waals surface area contributed by atoms with E-state index in [1.54, 1.807) is 12.1 Å². The normalized spacial score (nSPS) is 18.2. The second-order valence-corrected chi connectivity index (χ2v) is 4.35. The Morgan fingerprint density at radius 2 is 2.35 bits per heavy atom. The molecule has 92 valence electrons. The molecule has 1 atom stereocenters. The van der Waals surface area contributed by atoms with Crippen LogP contribution in [-0.4, -0.2) is 23.7 Å². The van der Waals surface area contributed by atoms with E-state index in [9.17, 15) is 9.18 Å². The molecular formula is C13H16FNO2. The molecule has 1 aromatic rings. The fourth-order valence-corrected chi connectivity index (χ4v) is 2.54. The highest BCUT2D eigenvalue weighted by atomic mass is 19.1. The van der Waals surface area contributed by atoms with Crippen LogP contribution < -0.4 is 4.90 Å². The van der Waals surface area contributed by atoms with Gasteiger partial charge in [0.2, 0.25) is 0 Å². The predicted molar refractivity (Wildman–Crippen MR) is 63.8 cm³/mol. The van der Waals surface area contributed by atoms with Crippen LogP contribution in [-0.2, 0) is 11.2 Å². The monoisotopic (exact) mass is 237 g/mol. The van der Waals surface area contributed by atoms with Crippen molar-refractivity contribution in [2.24, 2.45) is 0 Å². The van der Waals surface area contributed by atoms with Gasteiger partial charge in [-0.2, -0.15) is 0 Å². The van der Waals surface area contributed by atoms with Crippen molar-refractivity contribution in [3.8, 4) is 0 Å². The highest BCUT2D eigenvalue weighted by molar-refractivity contribution is 5.67. The maximum absolute atomic E-state index is 13.1. The standard InChI is InChI=1S/C13H16FNO2/c1-2-15-11(4-6-13(16)17)8-9-7-10(14)3-5-12(9)15/h3,5,7,11H,2,4,6,8H2,1H3,(H,16,17). The van der Waals surface area contributed by atoms with Crippen molar-refractivity contribution in [2.75, 3.05) is 11.4 Å². The largest absolute Gasteiger partial charge is 0.481 e. The first-order valence-corrected chi connectivity index (χ1v) is 5.88. The molecule has 1 unspecified atom stereocenters. The Balaban J connectivity index is 2.16. The number of fused-ring (bicyclic) bond motifs is 1. The molecule has 1 aromatic carbocycles. The fourth-order valence-electron chi connectivity index (χ4n) is 2.54. The first-order valence-electron chi connectivity index (χ1n) is 5.88. The maximum atomic E-state index is 13.1. The molecular weight excluding hydrogens is 221 g/mol. The van der Waals surface area contributed by atoms with Gasteiger partial charge in [0, 0.05) is 24.7 Å². The fraction of sp³-hybridized carbons (Fsp3) is 0.462. The van der Waals surface area contributed by atoms with E-state index < -0.39 is 5.97 Å². The SMILES string of the molecule is CCN1c2ccc(F)cc2CC1CCC(=O)O. The third kappa shape index (κ3) is 2.40. The number of carboxylic acid groups (broad SMARTS) is 1. The van der Waals surface area contributed by atoms with Crippen molar-refractivity contribution in [3.63, 3.8) is 0 Å². The smallest absolute Gasteiger partial charge is 0.303 e. The van der Waals surface area contributed by atoms with Gasteiger partial charge in [-0.05, 0) is 43.5 Å². The summed E-state index contributed by atoms with van der Waals surface area (Å²) in [6, 6.07) is 4.99. The van der Waals surface area contributed by atoms with Gasteiger partial charge in [0.05, 0.1) is 0 Å². The molecule has 0 aliphatic carbocycles. The van der Waals surface area contributed by atoms with Crippen LogP contribution in [0, 0.1) is 5.82 Å². The number of rotatable bonds is 4. The van der Waals surface area contributed by atoms with Crippen LogP contribution in [0.1, 0.15) is 25.3 Å². The Labute approximate surface area is 99.9 Å². The lowest BCUT2D eigenvalue weighted by Gasteiger charge is -2.25. The number of hydrogen-bond acceptors (Lipinski definition) is 2. The molecule has 0 aromatic heterocycles. The molecule has 1 heterocycles. The number of benzene rings is 1. The molecule has 1 aliphatic heterocycles. The maximum Gasteiger partial charge on any atom is 0.303 e. The predicted octanol–water partition coefficient (Wildman–Crippen LogP) is 2.44. The van der Waals surface area contributed by atoms with E-state index in [-0.39, 0.29) is 18.3 Å². The Bertz CT molecular complexity index is 433. The first kappa shape index (κ1) is 11.9. The summed E-state index contributed by atoms with van der Waals surface area (Å²) in [5.41, 5.74) is 2.03. The number of anilines is 1. The van der Waals surface area contributed by atoms with Crippen molar-refractivity contribution >= 4 is 11.7 Å². The van der Waals surface area contributed by atoms with Crippen LogP contribution in [0.4, 0.5) is 10.1 Å². The van der Waals surface area contributed by atoms with E-state index in [0.29, 0.717) is 6.42 Å². The summed E-state index contributed by atoms with van der Waals surface area (Å²) >= 11 is 0. The van der Waals surface area contributed by atoms with Crippen molar-refractivity contribution in [3.05, 3.63) is 29.6 Å². The van der Waals surface area contributed by atoms with Gasteiger partial charge in [-0.25, -0.2) is 4.39 Å². The number of likely N-dealkylation sites (N-methyl/N-ethyl adjacent to an activating group) is 1. The molecule has 0 amide bonds. The lowest BCUT2D eigenvalue weighted by molar-refractivity contribution is -0.137. The lowest BCUT2D eigenvalue weighted by atomic mass is 10.1. The summed E-state index contributed by atoms with van der Waals surface area (Å²) in [5, 5.41) is 8.72. The third-order valence-electron chi connectivity index (χ3n) is 3.28. The van der Waals surface area contributed by atoms with E-state index in [2.05, 4.69) is 4.90 Å². The Morgan fingerprint density at radius 3 is 3.00 bits per heavy atom. The first-order chi connectivity index (χ1) is 8.11. The average molecular weight is 237 g/mol. The highest BCUT2D eigenvalue weighted by Crippen LogP contribution is 2.34. The quantitative estimate of drug-likeness (QED) is 0.874. The van der Waals surface area contributed by atoms with Crippen molar-refractivity contribution in [2.45, 2.75) is 32.2 Å². The highest BCUT2D eigenvalue weighted by Gasteiger charge is 2.28. The van der Waals surface area contributed by atoms with E-state index in [4.69, 9.17) is 5.11 Å². The van der Waals surface area contributed by atoms with Gasteiger partial charge in [-0.3, -0.25) is 4.79 Å². The number of aliphatic carboxylic acids is 1. The van der Waals surface area contributed by atoms with Crippen LogP contribution in [0.2, 0.25) is 0 Å². The summed E-state index contributed by atoms with van der Waals surface area (Å²) < 4.78 is 13.1. The molecule has 0 bridgehead atoms. The number of hydrogen-bond donors (Lipinski definition) is 1. The molecule has 17 heavy (non-hydrogen) atoms. The van der Waals surface area contributed by atoms with Gasteiger partial charge in [-0.15, -0.1) is 0 Å². The Hall–Kier alpha value is -1.58. The van der Waals surface area contributed by atoms with E-state index in [1.807, 2.05) is 6.92 Å². The van der Waals surface area contributed by atoms with Crippen LogP contribution in [0.25, 0.3) is 0 Å². The van der Waals surface area contributed by atoms with E-state index in [0.717, 1.165) is 24.2 Å². The molecule has 4 heteroatoms. The summed E-state index contributed by atoms with van der Waals surface area (Å²) in [6.45, 7) is 2.86. The van der Waals surface area contributed by atoms with Crippen LogP contribution >= 0.6 is 0 Å². The van der Waals surface area contributed by atoms with Gasteiger partial charge in [0.25, 0.3) is 0 Å². The number of carboxylic acids is 1. The minimum absolute atomic E-state index is 0.164. The van der Waals surface area contributed by atoms with Crippen molar-refractivity contribution in [1.82, 2.24) is 0 Å². The number of carbonyl (C=O) groups is 1. The molecule has 0 fully saturated rings. The summed E-state index contributed by atoms with van der Waals surface area (Å²) in [7, 11) is 0. The lowest BCUT2D eigenvalue weighted by Crippen LogP contribution is -2.32. The van der Waals surface area contributed by atoms with Gasteiger partial charge < -0.3 is 10.0 Å².